The number of morpholine rings is 1. The van der Waals surface area contributed by atoms with Crippen molar-refractivity contribution in [3.8, 4) is 0 Å². The van der Waals surface area contributed by atoms with Gasteiger partial charge in [0.2, 0.25) is 14.9 Å². The van der Waals surface area contributed by atoms with Crippen molar-refractivity contribution in [2.24, 2.45) is 0 Å². The van der Waals surface area contributed by atoms with E-state index in [1.165, 1.54) is 40.1 Å². The molecule has 0 amide bonds. The van der Waals surface area contributed by atoms with E-state index in [9.17, 15) is 8.42 Å². The van der Waals surface area contributed by atoms with Crippen molar-refractivity contribution in [3.05, 3.63) is 40.7 Å². The molecule has 0 spiro atoms. The Hall–Kier alpha value is -2.27. The van der Waals surface area contributed by atoms with Gasteiger partial charge in [-0.3, -0.25) is 0 Å². The second-order valence-electron chi connectivity index (χ2n) is 6.26. The lowest BCUT2D eigenvalue weighted by Crippen LogP contribution is -2.36. The molecule has 4 heterocycles. The summed E-state index contributed by atoms with van der Waals surface area (Å²) in [7, 11) is -3.89. The Morgan fingerprint density at radius 3 is 2.61 bits per heavy atom. The SMILES string of the molecule is O=S(=O)(c1ccc(Cl)cc1)c1nnn2c1nc(N1CCOCC1)c1sccc12. The molecular formula is C17H14ClN5O3S2. The molecule has 3 aromatic heterocycles. The summed E-state index contributed by atoms with van der Waals surface area (Å²) in [4.78, 5) is 6.88. The summed E-state index contributed by atoms with van der Waals surface area (Å²) < 4.78 is 34.2. The lowest BCUT2D eigenvalue weighted by atomic mass is 10.3. The first-order chi connectivity index (χ1) is 13.6. The first-order valence-electron chi connectivity index (χ1n) is 8.52. The molecule has 5 rings (SSSR count). The summed E-state index contributed by atoms with van der Waals surface area (Å²) in [5.41, 5.74) is 0.990. The lowest BCUT2D eigenvalue weighted by molar-refractivity contribution is 0.122. The van der Waals surface area contributed by atoms with Crippen LogP contribution in [0.3, 0.4) is 0 Å². The zero-order valence-electron chi connectivity index (χ0n) is 14.4. The van der Waals surface area contributed by atoms with E-state index in [-0.39, 0.29) is 15.6 Å². The number of sulfone groups is 1. The standard InChI is InChI=1S/C17H14ClN5O3S2/c18-11-1-3-12(4-2-11)28(24,25)17-16-19-15(22-6-8-26-9-7-22)14-13(5-10-27-14)23(16)21-20-17/h1-5,10H,6-9H2. The molecule has 1 fully saturated rings. The number of nitrogens with zero attached hydrogens (tertiary/aromatic N) is 5. The third-order valence-electron chi connectivity index (χ3n) is 4.59. The van der Waals surface area contributed by atoms with Crippen molar-refractivity contribution in [1.82, 2.24) is 19.8 Å². The topological polar surface area (TPSA) is 89.7 Å². The van der Waals surface area contributed by atoms with Gasteiger partial charge in [0.1, 0.15) is 0 Å². The number of aromatic nitrogens is 4. The van der Waals surface area contributed by atoms with E-state index in [1.807, 2.05) is 11.4 Å². The highest BCUT2D eigenvalue weighted by Gasteiger charge is 2.28. The molecule has 0 N–H and O–H groups in total. The smallest absolute Gasteiger partial charge is 0.229 e. The molecule has 0 atom stereocenters. The van der Waals surface area contributed by atoms with Gasteiger partial charge in [-0.2, -0.15) is 4.52 Å². The van der Waals surface area contributed by atoms with E-state index in [2.05, 4.69) is 20.2 Å². The van der Waals surface area contributed by atoms with Crippen LogP contribution in [0.4, 0.5) is 5.82 Å². The number of halogens is 1. The summed E-state index contributed by atoms with van der Waals surface area (Å²) in [5, 5.41) is 10.3. The van der Waals surface area contributed by atoms with Gasteiger partial charge in [-0.1, -0.05) is 16.8 Å². The molecule has 0 radical (unpaired) electrons. The fraction of sp³-hybridized carbons (Fsp3) is 0.235. The Morgan fingerprint density at radius 2 is 1.86 bits per heavy atom. The number of rotatable bonds is 3. The van der Waals surface area contributed by atoms with Gasteiger partial charge in [-0.25, -0.2) is 13.4 Å². The minimum Gasteiger partial charge on any atom is -0.378 e. The van der Waals surface area contributed by atoms with Crippen molar-refractivity contribution in [2.75, 3.05) is 31.2 Å². The molecule has 11 heteroatoms. The second-order valence-corrected chi connectivity index (χ2v) is 9.47. The van der Waals surface area contributed by atoms with Gasteiger partial charge in [0.25, 0.3) is 0 Å². The van der Waals surface area contributed by atoms with Gasteiger partial charge < -0.3 is 9.64 Å². The summed E-state index contributed by atoms with van der Waals surface area (Å²) in [6.07, 6.45) is 0. The van der Waals surface area contributed by atoms with E-state index in [0.29, 0.717) is 31.3 Å². The summed E-state index contributed by atoms with van der Waals surface area (Å²) in [5.74, 6) is 0.732. The van der Waals surface area contributed by atoms with Crippen LogP contribution >= 0.6 is 22.9 Å². The van der Waals surface area contributed by atoms with E-state index in [4.69, 9.17) is 16.3 Å². The maximum Gasteiger partial charge on any atom is 0.229 e. The molecule has 1 aliphatic rings. The molecule has 28 heavy (non-hydrogen) atoms. The van der Waals surface area contributed by atoms with Gasteiger partial charge in [0.15, 0.2) is 11.5 Å². The Labute approximate surface area is 169 Å². The number of fused-ring (bicyclic) bond motifs is 3. The van der Waals surface area contributed by atoms with Gasteiger partial charge >= 0.3 is 0 Å². The molecule has 144 valence electrons. The minimum absolute atomic E-state index is 0.0967. The molecule has 0 unspecified atom stereocenters. The van der Waals surface area contributed by atoms with Gasteiger partial charge in [-0.15, -0.1) is 16.4 Å². The van der Waals surface area contributed by atoms with Crippen molar-refractivity contribution in [2.45, 2.75) is 9.92 Å². The molecule has 1 aliphatic heterocycles. The molecule has 0 saturated carbocycles. The highest BCUT2D eigenvalue weighted by molar-refractivity contribution is 7.91. The Kier molecular flexibility index (Phi) is 4.23. The molecule has 0 bridgehead atoms. The maximum atomic E-state index is 13.2. The van der Waals surface area contributed by atoms with Crippen LogP contribution in [0.25, 0.3) is 15.9 Å². The number of hydrogen-bond donors (Lipinski definition) is 0. The zero-order valence-corrected chi connectivity index (χ0v) is 16.8. The van der Waals surface area contributed by atoms with Crippen LogP contribution in [0.15, 0.2) is 45.6 Å². The fourth-order valence-electron chi connectivity index (χ4n) is 3.20. The Balaban J connectivity index is 1.74. The predicted octanol–water partition coefficient (Wildman–Crippen LogP) is 2.66. The number of ether oxygens (including phenoxy) is 1. The Morgan fingerprint density at radius 1 is 1.11 bits per heavy atom. The predicted molar refractivity (Wildman–Crippen MR) is 106 cm³/mol. The largest absolute Gasteiger partial charge is 0.378 e. The van der Waals surface area contributed by atoms with Crippen LogP contribution in [-0.2, 0) is 14.6 Å². The molecule has 4 aromatic rings. The minimum atomic E-state index is -3.89. The molecule has 0 aliphatic carbocycles. The fourth-order valence-corrected chi connectivity index (χ4v) is 5.45. The van der Waals surface area contributed by atoms with Crippen molar-refractivity contribution in [1.29, 1.82) is 0 Å². The number of anilines is 1. The van der Waals surface area contributed by atoms with Crippen LogP contribution in [0.2, 0.25) is 5.02 Å². The third-order valence-corrected chi connectivity index (χ3v) is 7.41. The van der Waals surface area contributed by atoms with Crippen LogP contribution in [0, 0.1) is 0 Å². The highest BCUT2D eigenvalue weighted by atomic mass is 35.5. The summed E-state index contributed by atoms with van der Waals surface area (Å²) >= 11 is 7.43. The first-order valence-corrected chi connectivity index (χ1v) is 11.3. The second kappa shape index (κ2) is 6.66. The molecular weight excluding hydrogens is 422 g/mol. The normalized spacial score (nSPS) is 15.5. The zero-order chi connectivity index (χ0) is 19.3. The third kappa shape index (κ3) is 2.75. The van der Waals surface area contributed by atoms with E-state index in [0.717, 1.165) is 16.0 Å². The van der Waals surface area contributed by atoms with Crippen molar-refractivity contribution < 1.29 is 13.2 Å². The lowest BCUT2D eigenvalue weighted by Gasteiger charge is -2.28. The average molecular weight is 436 g/mol. The van der Waals surface area contributed by atoms with Crippen LogP contribution in [0.5, 0.6) is 0 Å². The Bertz CT molecular complexity index is 1280. The van der Waals surface area contributed by atoms with Crippen LogP contribution < -0.4 is 4.90 Å². The number of benzene rings is 1. The van der Waals surface area contributed by atoms with Crippen molar-refractivity contribution >= 4 is 54.5 Å². The molecule has 1 saturated heterocycles. The van der Waals surface area contributed by atoms with Gasteiger partial charge in [0, 0.05) is 18.1 Å². The van der Waals surface area contributed by atoms with E-state index in [1.54, 1.807) is 0 Å². The average Bonchev–Trinajstić information content (AvgIpc) is 3.35. The van der Waals surface area contributed by atoms with Crippen molar-refractivity contribution in [3.63, 3.8) is 0 Å². The summed E-state index contributed by atoms with van der Waals surface area (Å²) in [6, 6.07) is 7.86. The van der Waals surface area contributed by atoms with Crippen LogP contribution in [-0.4, -0.2) is 54.5 Å². The number of thiophene rings is 1. The summed E-state index contributed by atoms with van der Waals surface area (Å²) in [6.45, 7) is 2.59. The monoisotopic (exact) mass is 435 g/mol. The van der Waals surface area contributed by atoms with Gasteiger partial charge in [0.05, 0.1) is 28.3 Å². The van der Waals surface area contributed by atoms with E-state index >= 15 is 0 Å². The van der Waals surface area contributed by atoms with E-state index < -0.39 is 9.84 Å². The quantitative estimate of drug-likeness (QED) is 0.488. The highest BCUT2D eigenvalue weighted by Crippen LogP contribution is 2.33. The first kappa shape index (κ1) is 17.8. The molecule has 8 nitrogen and oxygen atoms in total. The van der Waals surface area contributed by atoms with Gasteiger partial charge in [-0.05, 0) is 35.7 Å². The molecule has 1 aromatic carbocycles. The maximum absolute atomic E-state index is 13.2. The number of hydrogen-bond acceptors (Lipinski definition) is 8. The van der Waals surface area contributed by atoms with Crippen LogP contribution in [0.1, 0.15) is 0 Å².